The molecule has 1 aromatic heterocycles. The number of hydrogen-bond acceptors (Lipinski definition) is 5. The number of nitrogens with zero attached hydrogens (tertiary/aromatic N) is 2. The number of aromatic nitrogens is 2. The third-order valence-corrected chi connectivity index (χ3v) is 7.51. The van der Waals surface area contributed by atoms with Crippen LogP contribution in [0.15, 0.2) is 30.3 Å². The number of aliphatic hydroxyl groups is 1. The van der Waals surface area contributed by atoms with E-state index in [0.717, 1.165) is 12.0 Å². The van der Waals surface area contributed by atoms with Crippen LogP contribution in [0.25, 0.3) is 11.3 Å². The van der Waals surface area contributed by atoms with Crippen molar-refractivity contribution in [3.8, 4) is 11.3 Å². The minimum Gasteiger partial charge on any atom is -0.394 e. The van der Waals surface area contributed by atoms with Crippen LogP contribution >= 0.6 is 11.6 Å². The average Bonchev–Trinajstić information content (AvgIpc) is 3.29. The van der Waals surface area contributed by atoms with Crippen LogP contribution in [0.5, 0.6) is 0 Å². The molecule has 1 aromatic carbocycles. The number of sulfone groups is 1. The summed E-state index contributed by atoms with van der Waals surface area (Å²) in [5.41, 5.74) is 1.66. The molecular weight excluding hydrogens is 414 g/mol. The van der Waals surface area contributed by atoms with E-state index < -0.39 is 9.84 Å². The second-order valence-electron chi connectivity index (χ2n) is 7.57. The van der Waals surface area contributed by atoms with E-state index in [9.17, 15) is 18.3 Å². The van der Waals surface area contributed by atoms with Crippen molar-refractivity contribution < 1.29 is 18.3 Å². The Morgan fingerprint density at radius 2 is 2.07 bits per heavy atom. The number of halogens is 1. The summed E-state index contributed by atoms with van der Waals surface area (Å²) >= 11 is 5.99. The first kappa shape index (κ1) is 21.8. The minimum absolute atomic E-state index is 0.00244. The number of hydrogen-bond donors (Lipinski definition) is 2. The molecule has 0 saturated carbocycles. The number of benzene rings is 1. The van der Waals surface area contributed by atoms with E-state index in [4.69, 9.17) is 11.6 Å². The molecule has 9 heteroatoms. The molecule has 3 atom stereocenters. The molecule has 0 radical (unpaired) electrons. The summed E-state index contributed by atoms with van der Waals surface area (Å²) in [5.74, 6) is -0.164. The van der Waals surface area contributed by atoms with E-state index in [1.54, 1.807) is 22.9 Å². The summed E-state index contributed by atoms with van der Waals surface area (Å²) in [6.07, 6.45) is 1.27. The molecule has 158 valence electrons. The van der Waals surface area contributed by atoms with Crippen LogP contribution in [-0.2, 0) is 9.84 Å². The first-order chi connectivity index (χ1) is 13.7. The van der Waals surface area contributed by atoms with Gasteiger partial charge in [-0.2, -0.15) is 5.10 Å². The Balaban J connectivity index is 1.96. The third kappa shape index (κ3) is 4.99. The van der Waals surface area contributed by atoms with Gasteiger partial charge in [-0.15, -0.1) is 0 Å². The van der Waals surface area contributed by atoms with Crippen LogP contribution in [0, 0.1) is 5.92 Å². The fraction of sp³-hybridized carbons (Fsp3) is 0.500. The molecule has 1 amide bonds. The SMILES string of the molecule is CC[C@@H](C)[C@@H](CO)NC(=O)c1cc(-c2ccc(Cl)cc2)n([C@@H]2CCS(=O)(=O)C2)n1. The van der Waals surface area contributed by atoms with E-state index in [1.807, 2.05) is 26.0 Å². The smallest absolute Gasteiger partial charge is 0.272 e. The largest absolute Gasteiger partial charge is 0.394 e. The number of rotatable bonds is 7. The Labute approximate surface area is 176 Å². The summed E-state index contributed by atoms with van der Waals surface area (Å²) < 4.78 is 25.6. The van der Waals surface area contributed by atoms with Gasteiger partial charge in [-0.25, -0.2) is 8.42 Å². The van der Waals surface area contributed by atoms with Gasteiger partial charge in [-0.05, 0) is 36.1 Å². The van der Waals surface area contributed by atoms with Gasteiger partial charge in [0.2, 0.25) is 0 Å². The van der Waals surface area contributed by atoms with Crippen LogP contribution in [0.2, 0.25) is 5.02 Å². The van der Waals surface area contributed by atoms with Gasteiger partial charge >= 0.3 is 0 Å². The molecule has 2 N–H and O–H groups in total. The Hall–Kier alpha value is -1.90. The van der Waals surface area contributed by atoms with Crippen molar-refractivity contribution >= 4 is 27.3 Å². The zero-order valence-electron chi connectivity index (χ0n) is 16.5. The van der Waals surface area contributed by atoms with Crippen LogP contribution in [0.3, 0.4) is 0 Å². The van der Waals surface area contributed by atoms with Crippen molar-refractivity contribution in [2.75, 3.05) is 18.1 Å². The third-order valence-electron chi connectivity index (χ3n) is 5.51. The molecule has 2 heterocycles. The van der Waals surface area contributed by atoms with E-state index in [0.29, 0.717) is 17.1 Å². The topological polar surface area (TPSA) is 101 Å². The Bertz CT molecular complexity index is 972. The maximum Gasteiger partial charge on any atom is 0.272 e. The van der Waals surface area contributed by atoms with Crippen molar-refractivity contribution in [3.63, 3.8) is 0 Å². The first-order valence-electron chi connectivity index (χ1n) is 9.71. The van der Waals surface area contributed by atoms with E-state index >= 15 is 0 Å². The molecular formula is C20H26ClN3O4S. The molecule has 29 heavy (non-hydrogen) atoms. The molecule has 0 bridgehead atoms. The van der Waals surface area contributed by atoms with Gasteiger partial charge in [0.05, 0.1) is 35.9 Å². The number of amides is 1. The Kier molecular flexibility index (Phi) is 6.65. The maximum atomic E-state index is 12.8. The lowest BCUT2D eigenvalue weighted by molar-refractivity contribution is 0.0885. The highest BCUT2D eigenvalue weighted by Crippen LogP contribution is 2.30. The van der Waals surface area contributed by atoms with Crippen molar-refractivity contribution in [2.24, 2.45) is 5.92 Å². The Morgan fingerprint density at radius 3 is 2.62 bits per heavy atom. The standard InChI is InChI=1S/C20H26ClN3O4S/c1-3-13(2)18(11-25)22-20(26)17-10-19(14-4-6-15(21)7-5-14)24(23-17)16-8-9-29(27,28)12-16/h4-7,10,13,16,18,25H,3,8-9,11-12H2,1-2H3,(H,22,26)/t13-,16-,18-/m1/s1. The number of aliphatic hydroxyl groups excluding tert-OH is 1. The molecule has 1 fully saturated rings. The monoisotopic (exact) mass is 439 g/mol. The fourth-order valence-electron chi connectivity index (χ4n) is 3.48. The predicted octanol–water partition coefficient (Wildman–Crippen LogP) is 2.70. The molecule has 1 saturated heterocycles. The molecule has 1 aliphatic rings. The molecule has 1 aliphatic heterocycles. The maximum absolute atomic E-state index is 12.8. The van der Waals surface area contributed by atoms with Crippen LogP contribution in [0.1, 0.15) is 43.2 Å². The van der Waals surface area contributed by atoms with Gasteiger partial charge < -0.3 is 10.4 Å². The molecule has 3 rings (SSSR count). The quantitative estimate of drug-likeness (QED) is 0.690. The van der Waals surface area contributed by atoms with Crippen molar-refractivity contribution in [2.45, 2.75) is 38.8 Å². The van der Waals surface area contributed by atoms with Gasteiger partial charge in [0.1, 0.15) is 0 Å². The highest BCUT2D eigenvalue weighted by molar-refractivity contribution is 7.91. The molecule has 2 aromatic rings. The predicted molar refractivity (Wildman–Crippen MR) is 113 cm³/mol. The number of nitrogens with one attached hydrogen (secondary N) is 1. The highest BCUT2D eigenvalue weighted by atomic mass is 35.5. The van der Waals surface area contributed by atoms with E-state index in [-0.39, 0.29) is 47.7 Å². The zero-order chi connectivity index (χ0) is 21.2. The molecule has 7 nitrogen and oxygen atoms in total. The zero-order valence-corrected chi connectivity index (χ0v) is 18.1. The lowest BCUT2D eigenvalue weighted by Crippen LogP contribution is -2.42. The summed E-state index contributed by atoms with van der Waals surface area (Å²) in [4.78, 5) is 12.8. The molecule has 0 unspecified atom stereocenters. The number of carbonyl (C=O) groups excluding carboxylic acids is 1. The average molecular weight is 440 g/mol. The van der Waals surface area contributed by atoms with Crippen molar-refractivity contribution in [1.82, 2.24) is 15.1 Å². The lowest BCUT2D eigenvalue weighted by atomic mass is 10.00. The first-order valence-corrected chi connectivity index (χ1v) is 11.9. The summed E-state index contributed by atoms with van der Waals surface area (Å²) in [7, 11) is -3.11. The lowest BCUT2D eigenvalue weighted by Gasteiger charge is -2.21. The van der Waals surface area contributed by atoms with Gasteiger partial charge in [0.15, 0.2) is 15.5 Å². The summed E-state index contributed by atoms with van der Waals surface area (Å²) in [6.45, 7) is 3.79. The van der Waals surface area contributed by atoms with E-state index in [1.165, 1.54) is 0 Å². The van der Waals surface area contributed by atoms with Gasteiger partial charge in [0.25, 0.3) is 5.91 Å². The summed E-state index contributed by atoms with van der Waals surface area (Å²) in [6, 6.07) is 8.08. The van der Waals surface area contributed by atoms with Crippen molar-refractivity contribution in [1.29, 1.82) is 0 Å². The van der Waals surface area contributed by atoms with Crippen LogP contribution in [0.4, 0.5) is 0 Å². The van der Waals surface area contributed by atoms with Gasteiger partial charge in [0, 0.05) is 5.02 Å². The summed E-state index contributed by atoms with van der Waals surface area (Å²) in [5, 5.41) is 17.5. The van der Waals surface area contributed by atoms with Gasteiger partial charge in [-0.3, -0.25) is 9.48 Å². The molecule has 0 aliphatic carbocycles. The highest BCUT2D eigenvalue weighted by Gasteiger charge is 2.32. The van der Waals surface area contributed by atoms with E-state index in [2.05, 4.69) is 10.4 Å². The number of carbonyl (C=O) groups is 1. The normalized spacial score (nSPS) is 20.3. The van der Waals surface area contributed by atoms with Crippen LogP contribution < -0.4 is 5.32 Å². The minimum atomic E-state index is -3.11. The second-order valence-corrected chi connectivity index (χ2v) is 10.2. The molecule has 0 spiro atoms. The second kappa shape index (κ2) is 8.85. The fourth-order valence-corrected chi connectivity index (χ4v) is 5.30. The van der Waals surface area contributed by atoms with Crippen molar-refractivity contribution in [3.05, 3.63) is 41.0 Å². The van der Waals surface area contributed by atoms with Gasteiger partial charge in [-0.1, -0.05) is 44.0 Å². The van der Waals surface area contributed by atoms with Crippen LogP contribution in [-0.4, -0.2) is 53.4 Å². The Morgan fingerprint density at radius 1 is 1.38 bits per heavy atom.